The Kier molecular flexibility index (Phi) is 4.25. The summed E-state index contributed by atoms with van der Waals surface area (Å²) >= 11 is 1.62. The van der Waals surface area contributed by atoms with Gasteiger partial charge in [-0.2, -0.15) is 5.10 Å². The number of carbonyl (C=O) groups excluding carboxylic acids is 1. The van der Waals surface area contributed by atoms with E-state index in [9.17, 15) is 4.79 Å². The van der Waals surface area contributed by atoms with E-state index in [-0.39, 0.29) is 11.9 Å². The van der Waals surface area contributed by atoms with Crippen molar-refractivity contribution in [3.63, 3.8) is 0 Å². The van der Waals surface area contributed by atoms with Crippen LogP contribution >= 0.6 is 11.3 Å². The maximum absolute atomic E-state index is 13.0. The van der Waals surface area contributed by atoms with E-state index < -0.39 is 0 Å². The fraction of sp³-hybridized carbons (Fsp3) is 0.444. The van der Waals surface area contributed by atoms with Gasteiger partial charge in [-0.15, -0.1) is 11.3 Å². The number of thiazole rings is 1. The molecule has 1 aliphatic rings. The highest BCUT2D eigenvalue weighted by atomic mass is 32.1. The summed E-state index contributed by atoms with van der Waals surface area (Å²) in [6.07, 6.45) is 7.24. The van der Waals surface area contributed by atoms with Gasteiger partial charge in [0.1, 0.15) is 0 Å². The molecule has 0 N–H and O–H groups in total. The quantitative estimate of drug-likeness (QED) is 0.724. The second-order valence-corrected chi connectivity index (χ2v) is 7.79. The van der Waals surface area contributed by atoms with Crippen molar-refractivity contribution in [3.8, 4) is 0 Å². The number of fused-ring (bicyclic) bond motifs is 1. The second kappa shape index (κ2) is 6.55. The van der Waals surface area contributed by atoms with Crippen molar-refractivity contribution in [2.45, 2.75) is 45.6 Å². The molecular weight excluding hydrogens is 334 g/mol. The van der Waals surface area contributed by atoms with Gasteiger partial charge in [0.15, 0.2) is 5.65 Å². The molecule has 3 aromatic heterocycles. The number of carbonyl (C=O) groups is 1. The predicted molar refractivity (Wildman–Crippen MR) is 96.6 cm³/mol. The largest absolute Gasteiger partial charge is 0.334 e. The minimum Gasteiger partial charge on any atom is -0.334 e. The van der Waals surface area contributed by atoms with Gasteiger partial charge in [-0.25, -0.2) is 14.5 Å². The van der Waals surface area contributed by atoms with Crippen LogP contribution in [0.5, 0.6) is 0 Å². The molecule has 1 aliphatic heterocycles. The smallest absolute Gasteiger partial charge is 0.228 e. The van der Waals surface area contributed by atoms with Gasteiger partial charge < -0.3 is 4.90 Å². The number of amides is 1. The summed E-state index contributed by atoms with van der Waals surface area (Å²) < 4.78 is 1.75. The van der Waals surface area contributed by atoms with Crippen molar-refractivity contribution >= 4 is 22.9 Å². The molecule has 3 aromatic rings. The number of hydrogen-bond acceptors (Lipinski definition) is 5. The van der Waals surface area contributed by atoms with Crippen molar-refractivity contribution in [1.29, 1.82) is 0 Å². The zero-order valence-corrected chi connectivity index (χ0v) is 15.3. The fourth-order valence-electron chi connectivity index (χ4n) is 3.53. The van der Waals surface area contributed by atoms with E-state index in [1.54, 1.807) is 22.0 Å². The second-order valence-electron chi connectivity index (χ2n) is 6.50. The van der Waals surface area contributed by atoms with Gasteiger partial charge in [-0.05, 0) is 39.2 Å². The molecule has 25 heavy (non-hydrogen) atoms. The molecule has 0 radical (unpaired) electrons. The van der Waals surface area contributed by atoms with E-state index >= 15 is 0 Å². The lowest BCUT2D eigenvalue weighted by molar-refractivity contribution is -0.134. The van der Waals surface area contributed by atoms with Gasteiger partial charge in [-0.3, -0.25) is 4.79 Å². The third-order valence-electron chi connectivity index (χ3n) is 4.76. The molecule has 0 aromatic carbocycles. The molecule has 1 saturated heterocycles. The van der Waals surface area contributed by atoms with Crippen LogP contribution in [0.25, 0.3) is 5.65 Å². The zero-order valence-electron chi connectivity index (χ0n) is 14.5. The molecule has 0 aliphatic carbocycles. The van der Waals surface area contributed by atoms with Crippen LogP contribution in [0.4, 0.5) is 0 Å². The number of piperidine rings is 1. The highest BCUT2D eigenvalue weighted by Crippen LogP contribution is 2.31. The third-order valence-corrected chi connectivity index (χ3v) is 5.83. The minimum atomic E-state index is 0.0514. The lowest BCUT2D eigenvalue weighted by Crippen LogP contribution is -2.39. The maximum atomic E-state index is 13.0. The maximum Gasteiger partial charge on any atom is 0.228 e. The van der Waals surface area contributed by atoms with Crippen molar-refractivity contribution in [3.05, 3.63) is 45.8 Å². The molecule has 1 fully saturated rings. The zero-order chi connectivity index (χ0) is 17.4. The molecule has 0 bridgehead atoms. The van der Waals surface area contributed by atoms with Crippen LogP contribution in [-0.4, -0.2) is 36.9 Å². The Balaban J connectivity index is 1.59. The van der Waals surface area contributed by atoms with E-state index in [1.165, 1.54) is 0 Å². The lowest BCUT2D eigenvalue weighted by atomic mass is 9.98. The normalized spacial score (nSPS) is 18.0. The van der Waals surface area contributed by atoms with Crippen LogP contribution in [0, 0.1) is 13.8 Å². The first-order valence-corrected chi connectivity index (χ1v) is 9.46. The molecular formula is C18H21N5OS. The first kappa shape index (κ1) is 16.2. The molecule has 4 heterocycles. The van der Waals surface area contributed by atoms with E-state index in [1.807, 2.05) is 37.1 Å². The average Bonchev–Trinajstić information content (AvgIpc) is 3.20. The van der Waals surface area contributed by atoms with Crippen molar-refractivity contribution < 1.29 is 4.79 Å². The summed E-state index contributed by atoms with van der Waals surface area (Å²) in [6, 6.07) is 3.93. The monoisotopic (exact) mass is 355 g/mol. The Labute approximate surface area is 150 Å². The van der Waals surface area contributed by atoms with Gasteiger partial charge in [0, 0.05) is 23.7 Å². The van der Waals surface area contributed by atoms with Crippen LogP contribution in [0.15, 0.2) is 24.5 Å². The summed E-state index contributed by atoms with van der Waals surface area (Å²) in [6.45, 7) is 4.77. The van der Waals surface area contributed by atoms with Gasteiger partial charge in [-0.1, -0.05) is 0 Å². The van der Waals surface area contributed by atoms with E-state index in [4.69, 9.17) is 4.98 Å². The fourth-order valence-corrected chi connectivity index (χ4v) is 4.45. The summed E-state index contributed by atoms with van der Waals surface area (Å²) in [4.78, 5) is 25.2. The van der Waals surface area contributed by atoms with Crippen LogP contribution in [0.2, 0.25) is 0 Å². The summed E-state index contributed by atoms with van der Waals surface area (Å²) in [5.74, 6) is 0.173. The summed E-state index contributed by atoms with van der Waals surface area (Å²) in [7, 11) is 0. The molecule has 1 atom stereocenters. The third kappa shape index (κ3) is 3.16. The van der Waals surface area contributed by atoms with Crippen molar-refractivity contribution in [1.82, 2.24) is 24.5 Å². The number of aromatic nitrogens is 4. The number of nitrogens with zero attached hydrogens (tertiary/aromatic N) is 5. The highest BCUT2D eigenvalue weighted by Gasteiger charge is 2.29. The SMILES string of the molecule is Cc1nc(C)c(CC(=O)N2CCCCC2c2ccn3nccc3n2)s1. The standard InChI is InChI=1S/C18H21N5OS/c1-12-16(25-13(2)20-12)11-18(24)22-9-4-3-5-15(22)14-7-10-23-17(21-14)6-8-19-23/h6-8,10,15H,3-5,9,11H2,1-2H3. The molecule has 4 rings (SSSR count). The van der Waals surface area contributed by atoms with Gasteiger partial charge in [0.05, 0.1) is 35.1 Å². The Bertz CT molecular complexity index is 915. The molecule has 1 unspecified atom stereocenters. The van der Waals surface area contributed by atoms with Crippen LogP contribution in [0.3, 0.4) is 0 Å². The van der Waals surface area contributed by atoms with Gasteiger partial charge >= 0.3 is 0 Å². The average molecular weight is 355 g/mol. The molecule has 6 nitrogen and oxygen atoms in total. The Morgan fingerprint density at radius 3 is 2.96 bits per heavy atom. The van der Waals surface area contributed by atoms with E-state index in [0.29, 0.717) is 6.42 Å². The number of aryl methyl sites for hydroxylation is 2. The van der Waals surface area contributed by atoms with Crippen molar-refractivity contribution in [2.75, 3.05) is 6.54 Å². The van der Waals surface area contributed by atoms with Gasteiger partial charge in [0.25, 0.3) is 0 Å². The minimum absolute atomic E-state index is 0.0514. The lowest BCUT2D eigenvalue weighted by Gasteiger charge is -2.35. The Hall–Kier alpha value is -2.28. The topological polar surface area (TPSA) is 63.4 Å². The van der Waals surface area contributed by atoms with E-state index in [2.05, 4.69) is 10.1 Å². The molecule has 130 valence electrons. The number of likely N-dealkylation sites (tertiary alicyclic amines) is 1. The summed E-state index contributed by atoms with van der Waals surface area (Å²) in [5, 5.41) is 5.21. The first-order valence-electron chi connectivity index (χ1n) is 8.64. The predicted octanol–water partition coefficient (Wildman–Crippen LogP) is 3.10. The summed E-state index contributed by atoms with van der Waals surface area (Å²) in [5.41, 5.74) is 2.76. The Morgan fingerprint density at radius 1 is 1.28 bits per heavy atom. The van der Waals surface area contributed by atoms with E-state index in [0.717, 1.165) is 52.7 Å². The van der Waals surface area contributed by atoms with Gasteiger partial charge in [0.2, 0.25) is 5.91 Å². The first-order chi connectivity index (χ1) is 12.1. The molecule has 1 amide bonds. The highest BCUT2D eigenvalue weighted by molar-refractivity contribution is 7.11. The van der Waals surface area contributed by atoms with Crippen LogP contribution < -0.4 is 0 Å². The molecule has 7 heteroatoms. The molecule has 0 spiro atoms. The Morgan fingerprint density at radius 2 is 2.16 bits per heavy atom. The van der Waals surface area contributed by atoms with Crippen LogP contribution in [-0.2, 0) is 11.2 Å². The number of hydrogen-bond donors (Lipinski definition) is 0. The molecule has 0 saturated carbocycles. The van der Waals surface area contributed by atoms with Crippen LogP contribution in [0.1, 0.15) is 46.6 Å². The van der Waals surface area contributed by atoms with Crippen molar-refractivity contribution in [2.24, 2.45) is 0 Å². The number of rotatable bonds is 3.